The van der Waals surface area contributed by atoms with Gasteiger partial charge < -0.3 is 0 Å². The molecule has 0 aromatic heterocycles. The molecule has 0 radical (unpaired) electrons. The van der Waals surface area contributed by atoms with E-state index in [0.29, 0.717) is 0 Å². The van der Waals surface area contributed by atoms with Gasteiger partial charge in [-0.2, -0.15) is 0 Å². The highest BCUT2D eigenvalue weighted by atomic mass is 14.1. The van der Waals surface area contributed by atoms with Gasteiger partial charge in [0, 0.05) is 0 Å². The van der Waals surface area contributed by atoms with Crippen molar-refractivity contribution in [1.29, 1.82) is 0 Å². The van der Waals surface area contributed by atoms with Gasteiger partial charge in [-0.3, -0.25) is 0 Å². The summed E-state index contributed by atoms with van der Waals surface area (Å²) in [5.74, 6) is 0. The molecule has 45 heavy (non-hydrogen) atoms. The summed E-state index contributed by atoms with van der Waals surface area (Å²) in [5, 5.41) is 0. The van der Waals surface area contributed by atoms with Crippen molar-refractivity contribution < 1.29 is 0 Å². The van der Waals surface area contributed by atoms with Crippen molar-refractivity contribution in [2.45, 2.75) is 289 Å². The van der Waals surface area contributed by atoms with Gasteiger partial charge in [0.05, 0.1) is 0 Å². The van der Waals surface area contributed by atoms with Crippen molar-refractivity contribution in [3.05, 3.63) is 0 Å². The highest BCUT2D eigenvalue weighted by Gasteiger charge is 1.99. The van der Waals surface area contributed by atoms with E-state index in [0.717, 1.165) is 0 Å². The van der Waals surface area contributed by atoms with Crippen molar-refractivity contribution in [2.24, 2.45) is 0 Å². The zero-order valence-corrected chi connectivity index (χ0v) is 31.8. The second-order valence-electron chi connectivity index (χ2n) is 15.9. The van der Waals surface area contributed by atoms with Crippen LogP contribution in [0.5, 0.6) is 0 Å². The van der Waals surface area contributed by atoms with Gasteiger partial charge >= 0.3 is 0 Å². The largest absolute Gasteiger partial charge is 0.0533 e. The maximum absolute atomic E-state index is 1.50. The maximum atomic E-state index is 1.50. The Balaban J connectivity index is 2.00. The predicted octanol–water partition coefficient (Wildman–Crippen LogP) is 17.6. The number of hydrogen-bond donors (Lipinski definition) is 0. The molecule has 0 spiro atoms. The molecule has 0 bridgehead atoms. The fourth-order valence-electron chi connectivity index (χ4n) is 7.95. The van der Waals surface area contributed by atoms with Crippen molar-refractivity contribution >= 4 is 0 Å². The molecule has 0 aromatic carbocycles. The third kappa shape index (κ3) is 38.3. The maximum Gasteiger partial charge on any atom is -0.0533 e. The molecule has 1 rings (SSSR count). The van der Waals surface area contributed by atoms with Crippen LogP contribution in [0.4, 0.5) is 0 Å². The fourth-order valence-corrected chi connectivity index (χ4v) is 7.95. The standard InChI is InChI=1S/C45H90/c1-2-4-6-8-10-12-14-16-18-20-22-24-26-28-30-32-34-36-38-40-42-44-45-43-41-39-37-35-33-31-29-27-25-23-21-19-17-15-13-11-9-7-5-3-1/h1-45H2. The minimum absolute atomic E-state index is 1.50. The van der Waals surface area contributed by atoms with E-state index in [1.165, 1.54) is 289 Å². The van der Waals surface area contributed by atoms with Crippen LogP contribution < -0.4 is 0 Å². The van der Waals surface area contributed by atoms with Crippen molar-refractivity contribution in [2.75, 3.05) is 0 Å². The molecular formula is C45H90. The van der Waals surface area contributed by atoms with E-state index in [9.17, 15) is 0 Å². The Kier molecular flexibility index (Phi) is 38.4. The Morgan fingerprint density at radius 1 is 0.0444 bits per heavy atom. The number of hydrogen-bond acceptors (Lipinski definition) is 0. The third-order valence-corrected chi connectivity index (χ3v) is 11.2. The molecular weight excluding hydrogens is 540 g/mol. The SMILES string of the molecule is C1CCCCCCCCCCCCCCCCCCCCCCCCCCCCCCCCCCCCCCCCCCCC1. The van der Waals surface area contributed by atoms with Gasteiger partial charge in [0.25, 0.3) is 0 Å². The lowest BCUT2D eigenvalue weighted by molar-refractivity contribution is 0.509. The molecule has 1 saturated carbocycles. The molecule has 0 heteroatoms. The van der Waals surface area contributed by atoms with E-state index in [1.807, 2.05) is 0 Å². The molecule has 0 aliphatic heterocycles. The summed E-state index contributed by atoms with van der Waals surface area (Å²) in [4.78, 5) is 0. The summed E-state index contributed by atoms with van der Waals surface area (Å²) in [6.45, 7) is 0. The van der Waals surface area contributed by atoms with Crippen LogP contribution in [0.15, 0.2) is 0 Å². The Morgan fingerprint density at radius 3 is 0.0889 bits per heavy atom. The lowest BCUT2D eigenvalue weighted by atomic mass is 10.0. The average molecular weight is 631 g/mol. The molecule has 0 atom stereocenters. The van der Waals surface area contributed by atoms with Crippen LogP contribution in [-0.2, 0) is 0 Å². The molecule has 0 unspecified atom stereocenters. The van der Waals surface area contributed by atoms with Gasteiger partial charge in [0.2, 0.25) is 0 Å². The van der Waals surface area contributed by atoms with Crippen LogP contribution >= 0.6 is 0 Å². The molecule has 0 nitrogen and oxygen atoms in total. The second kappa shape index (κ2) is 40.2. The first-order chi connectivity index (χ1) is 22.5. The Bertz CT molecular complexity index is 247. The normalized spacial score (nSPS) is 24.0. The van der Waals surface area contributed by atoms with E-state index in [4.69, 9.17) is 0 Å². The molecule has 0 amide bonds. The van der Waals surface area contributed by atoms with Crippen molar-refractivity contribution in [3.63, 3.8) is 0 Å². The molecule has 0 aromatic rings. The molecule has 0 heterocycles. The molecule has 0 N–H and O–H groups in total. The van der Waals surface area contributed by atoms with Gasteiger partial charge in [0.1, 0.15) is 0 Å². The molecule has 0 saturated heterocycles. The highest BCUT2D eigenvalue weighted by molar-refractivity contribution is 4.54. The molecule has 1 aliphatic carbocycles. The molecule has 1 fully saturated rings. The summed E-state index contributed by atoms with van der Waals surface area (Å²) in [6, 6.07) is 0. The minimum Gasteiger partial charge on any atom is -0.0533 e. The molecule has 270 valence electrons. The van der Waals surface area contributed by atoms with Crippen LogP contribution in [0, 0.1) is 0 Å². The monoisotopic (exact) mass is 631 g/mol. The Labute approximate surface area is 288 Å². The van der Waals surface area contributed by atoms with Crippen LogP contribution in [0.2, 0.25) is 0 Å². The lowest BCUT2D eigenvalue weighted by Crippen LogP contribution is -1.85. The zero-order valence-electron chi connectivity index (χ0n) is 31.8. The number of rotatable bonds is 0. The van der Waals surface area contributed by atoms with Crippen LogP contribution in [-0.4, -0.2) is 0 Å². The second-order valence-corrected chi connectivity index (χ2v) is 15.9. The Morgan fingerprint density at radius 2 is 0.0667 bits per heavy atom. The summed E-state index contributed by atoms with van der Waals surface area (Å²) in [7, 11) is 0. The third-order valence-electron chi connectivity index (χ3n) is 11.2. The first-order valence-electron chi connectivity index (χ1n) is 22.5. The minimum atomic E-state index is 1.50. The first-order valence-corrected chi connectivity index (χ1v) is 22.5. The topological polar surface area (TPSA) is 0 Å². The van der Waals surface area contributed by atoms with Crippen LogP contribution in [0.3, 0.4) is 0 Å². The zero-order chi connectivity index (χ0) is 31.8. The van der Waals surface area contributed by atoms with Gasteiger partial charge in [-0.25, -0.2) is 0 Å². The van der Waals surface area contributed by atoms with E-state index in [-0.39, 0.29) is 0 Å². The van der Waals surface area contributed by atoms with E-state index >= 15 is 0 Å². The van der Waals surface area contributed by atoms with E-state index in [2.05, 4.69) is 0 Å². The van der Waals surface area contributed by atoms with Crippen molar-refractivity contribution in [3.8, 4) is 0 Å². The Hall–Kier alpha value is 0. The fraction of sp³-hybridized carbons (Fsp3) is 1.00. The van der Waals surface area contributed by atoms with Gasteiger partial charge in [-0.15, -0.1) is 0 Å². The summed E-state index contributed by atoms with van der Waals surface area (Å²) in [6.07, 6.45) is 67.5. The van der Waals surface area contributed by atoms with Crippen LogP contribution in [0.1, 0.15) is 289 Å². The van der Waals surface area contributed by atoms with Gasteiger partial charge in [0.15, 0.2) is 0 Å². The van der Waals surface area contributed by atoms with Crippen molar-refractivity contribution in [1.82, 2.24) is 0 Å². The average Bonchev–Trinajstić information content (AvgIpc) is 3.05. The summed E-state index contributed by atoms with van der Waals surface area (Å²) in [5.41, 5.74) is 0. The predicted molar refractivity (Wildman–Crippen MR) is 208 cm³/mol. The van der Waals surface area contributed by atoms with Gasteiger partial charge in [-0.1, -0.05) is 289 Å². The first kappa shape index (κ1) is 43.0. The van der Waals surface area contributed by atoms with Crippen LogP contribution in [0.25, 0.3) is 0 Å². The van der Waals surface area contributed by atoms with Gasteiger partial charge in [-0.05, 0) is 0 Å². The lowest BCUT2D eigenvalue weighted by Gasteiger charge is -2.05. The summed E-state index contributed by atoms with van der Waals surface area (Å²) >= 11 is 0. The summed E-state index contributed by atoms with van der Waals surface area (Å²) < 4.78 is 0. The highest BCUT2D eigenvalue weighted by Crippen LogP contribution is 2.19. The quantitative estimate of drug-likeness (QED) is 0.250. The van der Waals surface area contributed by atoms with E-state index < -0.39 is 0 Å². The molecule has 1 aliphatic rings. The van der Waals surface area contributed by atoms with E-state index in [1.54, 1.807) is 0 Å². The smallest absolute Gasteiger partial charge is 0.0533 e.